The van der Waals surface area contributed by atoms with Crippen LogP contribution in [0.4, 0.5) is 0 Å². The van der Waals surface area contributed by atoms with E-state index in [-0.39, 0.29) is 5.56 Å². The molecule has 0 radical (unpaired) electrons. The molecule has 78 valence electrons. The van der Waals surface area contributed by atoms with Crippen LogP contribution in [0.3, 0.4) is 0 Å². The molecule has 1 aromatic heterocycles. The van der Waals surface area contributed by atoms with Gasteiger partial charge in [0.05, 0.1) is 6.33 Å². The number of hydrogen-bond acceptors (Lipinski definition) is 3. The fraction of sp³-hybridized carbons (Fsp3) is 0.556. The lowest BCUT2D eigenvalue weighted by Gasteiger charge is -2.07. The Morgan fingerprint density at radius 2 is 2.43 bits per heavy atom. The van der Waals surface area contributed by atoms with Gasteiger partial charge in [0.1, 0.15) is 8.60 Å². The minimum Gasteiger partial charge on any atom is -0.312 e. The Labute approximate surface area is 101 Å². The van der Waals surface area contributed by atoms with Crippen LogP contribution in [-0.4, -0.2) is 15.7 Å². The van der Waals surface area contributed by atoms with Gasteiger partial charge in [0.25, 0.3) is 5.56 Å². The fourth-order valence-corrected chi connectivity index (χ4v) is 2.59. The van der Waals surface area contributed by atoms with E-state index in [0.29, 0.717) is 9.49 Å². The molecule has 0 saturated heterocycles. The second kappa shape index (κ2) is 5.75. The number of hydrogen-bond donors (Lipinski definition) is 1. The van der Waals surface area contributed by atoms with E-state index in [1.165, 1.54) is 6.33 Å². The molecule has 0 amide bonds. The molecule has 5 heteroatoms. The molecule has 0 saturated carbocycles. The molecule has 14 heavy (non-hydrogen) atoms. The van der Waals surface area contributed by atoms with Gasteiger partial charge in [0, 0.05) is 5.75 Å². The Morgan fingerprint density at radius 1 is 1.71 bits per heavy atom. The third-order valence-electron chi connectivity index (χ3n) is 1.97. The van der Waals surface area contributed by atoms with Gasteiger partial charge in [0.2, 0.25) is 0 Å². The Bertz CT molecular complexity index is 353. The smallest absolute Gasteiger partial charge is 0.265 e. The van der Waals surface area contributed by atoms with Crippen molar-refractivity contribution in [2.45, 2.75) is 25.3 Å². The van der Waals surface area contributed by atoms with E-state index in [4.69, 9.17) is 0 Å². The van der Waals surface area contributed by atoms with E-state index < -0.39 is 0 Å². The van der Waals surface area contributed by atoms with Crippen LogP contribution in [0.25, 0.3) is 0 Å². The van der Waals surface area contributed by atoms with E-state index in [2.05, 4.69) is 23.8 Å². The first-order valence-electron chi connectivity index (χ1n) is 4.51. The maximum absolute atomic E-state index is 11.2. The highest BCUT2D eigenvalue weighted by atomic mass is 127. The van der Waals surface area contributed by atoms with Gasteiger partial charge in [-0.2, -0.15) is 0 Å². The quantitative estimate of drug-likeness (QED) is 0.526. The summed E-state index contributed by atoms with van der Waals surface area (Å²) in [5.41, 5.74) is -0.0488. The fourth-order valence-electron chi connectivity index (χ4n) is 0.806. The lowest BCUT2D eigenvalue weighted by Crippen LogP contribution is -2.11. The highest BCUT2D eigenvalue weighted by Gasteiger charge is 2.07. The monoisotopic (exact) mass is 324 g/mol. The summed E-state index contributed by atoms with van der Waals surface area (Å²) in [6, 6.07) is 0. The van der Waals surface area contributed by atoms with Crippen LogP contribution in [0.15, 0.2) is 16.1 Å². The number of halogens is 1. The Morgan fingerprint density at radius 3 is 3.07 bits per heavy atom. The predicted molar refractivity (Wildman–Crippen MR) is 67.8 cm³/mol. The highest BCUT2D eigenvalue weighted by Crippen LogP contribution is 2.21. The molecule has 1 heterocycles. The standard InChI is InChI=1S/C9H13IN2OS/c1-3-6(2)4-14-9-7(10)8(13)11-5-12-9/h5-6H,3-4H2,1-2H3,(H,11,12,13). The summed E-state index contributed by atoms with van der Waals surface area (Å²) in [5.74, 6) is 1.68. The third kappa shape index (κ3) is 3.27. The van der Waals surface area contributed by atoms with Gasteiger partial charge in [-0.15, -0.1) is 11.8 Å². The van der Waals surface area contributed by atoms with Gasteiger partial charge >= 0.3 is 0 Å². The van der Waals surface area contributed by atoms with Crippen molar-refractivity contribution < 1.29 is 0 Å². The predicted octanol–water partition coefficient (Wildman–Crippen LogP) is 2.51. The largest absolute Gasteiger partial charge is 0.312 e. The molecule has 1 unspecified atom stereocenters. The zero-order valence-electron chi connectivity index (χ0n) is 8.21. The molecule has 0 bridgehead atoms. The van der Waals surface area contributed by atoms with Crippen molar-refractivity contribution in [2.75, 3.05) is 5.75 Å². The lowest BCUT2D eigenvalue weighted by atomic mass is 10.2. The number of nitrogens with zero attached hydrogens (tertiary/aromatic N) is 1. The summed E-state index contributed by atoms with van der Waals surface area (Å²) in [4.78, 5) is 17.9. The van der Waals surface area contributed by atoms with Gasteiger partial charge in [-0.1, -0.05) is 20.3 Å². The summed E-state index contributed by atoms with van der Waals surface area (Å²) < 4.78 is 0.693. The second-order valence-corrected chi connectivity index (χ2v) is 5.26. The average molecular weight is 324 g/mol. The summed E-state index contributed by atoms with van der Waals surface area (Å²) in [6.07, 6.45) is 2.62. The van der Waals surface area contributed by atoms with Crippen LogP contribution >= 0.6 is 34.4 Å². The number of H-pyrrole nitrogens is 1. The molecule has 1 atom stereocenters. The van der Waals surface area contributed by atoms with Crippen molar-refractivity contribution in [3.05, 3.63) is 20.3 Å². The molecule has 0 aliphatic carbocycles. The first-order chi connectivity index (χ1) is 6.65. The van der Waals surface area contributed by atoms with E-state index in [0.717, 1.165) is 17.2 Å². The first kappa shape index (κ1) is 12.0. The molecular formula is C9H13IN2OS. The van der Waals surface area contributed by atoms with Crippen molar-refractivity contribution in [2.24, 2.45) is 5.92 Å². The number of aromatic amines is 1. The van der Waals surface area contributed by atoms with Crippen molar-refractivity contribution in [1.29, 1.82) is 0 Å². The van der Waals surface area contributed by atoms with E-state index in [1.54, 1.807) is 11.8 Å². The van der Waals surface area contributed by atoms with Gasteiger partial charge in [-0.3, -0.25) is 4.79 Å². The van der Waals surface area contributed by atoms with E-state index >= 15 is 0 Å². The molecule has 0 fully saturated rings. The van der Waals surface area contributed by atoms with E-state index in [1.807, 2.05) is 22.6 Å². The Hall–Kier alpha value is -0.0400. The van der Waals surface area contributed by atoms with Gasteiger partial charge < -0.3 is 4.98 Å². The van der Waals surface area contributed by atoms with Crippen LogP contribution in [-0.2, 0) is 0 Å². The van der Waals surface area contributed by atoms with Crippen LogP contribution in [0.2, 0.25) is 0 Å². The topological polar surface area (TPSA) is 45.8 Å². The number of nitrogens with one attached hydrogen (secondary N) is 1. The molecule has 1 N–H and O–H groups in total. The molecule has 0 spiro atoms. The SMILES string of the molecule is CCC(C)CSc1nc[nH]c(=O)c1I. The summed E-state index contributed by atoms with van der Waals surface area (Å²) in [6.45, 7) is 4.37. The highest BCUT2D eigenvalue weighted by molar-refractivity contribution is 14.1. The van der Waals surface area contributed by atoms with Crippen molar-refractivity contribution in [1.82, 2.24) is 9.97 Å². The Balaban J connectivity index is 2.68. The summed E-state index contributed by atoms with van der Waals surface area (Å²) in [5, 5.41) is 0.842. The molecule has 1 aromatic rings. The average Bonchev–Trinajstić information content (AvgIpc) is 2.20. The van der Waals surface area contributed by atoms with Crippen LogP contribution < -0.4 is 5.56 Å². The lowest BCUT2D eigenvalue weighted by molar-refractivity contribution is 0.636. The van der Waals surface area contributed by atoms with Crippen LogP contribution in [0, 0.1) is 9.49 Å². The Kier molecular flexibility index (Phi) is 4.94. The van der Waals surface area contributed by atoms with E-state index in [9.17, 15) is 4.79 Å². The zero-order valence-corrected chi connectivity index (χ0v) is 11.2. The molecule has 3 nitrogen and oxygen atoms in total. The van der Waals surface area contributed by atoms with Gasteiger partial charge in [0.15, 0.2) is 0 Å². The van der Waals surface area contributed by atoms with Crippen molar-refractivity contribution in [3.63, 3.8) is 0 Å². The van der Waals surface area contributed by atoms with Crippen LogP contribution in [0.1, 0.15) is 20.3 Å². The van der Waals surface area contributed by atoms with Crippen molar-refractivity contribution in [3.8, 4) is 0 Å². The molecule has 0 aliphatic heterocycles. The maximum Gasteiger partial charge on any atom is 0.265 e. The summed E-state index contributed by atoms with van der Waals surface area (Å²) >= 11 is 3.69. The molecular weight excluding hydrogens is 311 g/mol. The van der Waals surface area contributed by atoms with Crippen molar-refractivity contribution >= 4 is 34.4 Å². The molecule has 1 rings (SSSR count). The summed E-state index contributed by atoms with van der Waals surface area (Å²) in [7, 11) is 0. The maximum atomic E-state index is 11.2. The van der Waals surface area contributed by atoms with Crippen LogP contribution in [0.5, 0.6) is 0 Å². The minimum atomic E-state index is -0.0488. The second-order valence-electron chi connectivity index (χ2n) is 3.18. The third-order valence-corrected chi connectivity index (χ3v) is 4.65. The molecule has 0 aliphatic rings. The number of rotatable bonds is 4. The normalized spacial score (nSPS) is 12.8. The number of thioether (sulfide) groups is 1. The van der Waals surface area contributed by atoms with Gasteiger partial charge in [-0.05, 0) is 28.5 Å². The molecule has 0 aromatic carbocycles. The first-order valence-corrected chi connectivity index (χ1v) is 6.57. The number of aromatic nitrogens is 2. The minimum absolute atomic E-state index is 0.0488. The van der Waals surface area contributed by atoms with Gasteiger partial charge in [-0.25, -0.2) is 4.98 Å². The zero-order chi connectivity index (χ0) is 10.6.